The van der Waals surface area contributed by atoms with Gasteiger partial charge in [-0.25, -0.2) is 4.79 Å². The van der Waals surface area contributed by atoms with Gasteiger partial charge in [0.2, 0.25) is 0 Å². The zero-order valence-corrected chi connectivity index (χ0v) is 13.3. The van der Waals surface area contributed by atoms with Crippen molar-refractivity contribution in [2.45, 2.75) is 13.2 Å². The van der Waals surface area contributed by atoms with Crippen LogP contribution in [0.4, 0.5) is 5.69 Å². The van der Waals surface area contributed by atoms with Crippen molar-refractivity contribution in [2.24, 2.45) is 0 Å². The first kappa shape index (κ1) is 14.8. The fraction of sp³-hybridized carbons (Fsp3) is 0.111. The number of halogens is 1. The summed E-state index contributed by atoms with van der Waals surface area (Å²) in [7, 11) is 0. The van der Waals surface area contributed by atoms with E-state index in [0.717, 1.165) is 22.2 Å². The average molecular weight is 341 g/mol. The van der Waals surface area contributed by atoms with E-state index in [1.54, 1.807) is 18.2 Å². The van der Waals surface area contributed by atoms with Crippen molar-refractivity contribution in [3.8, 4) is 0 Å². The van der Waals surface area contributed by atoms with Gasteiger partial charge in [0, 0.05) is 39.3 Å². The summed E-state index contributed by atoms with van der Waals surface area (Å²) in [5, 5.41) is 4.66. The highest BCUT2D eigenvalue weighted by Crippen LogP contribution is 2.24. The summed E-state index contributed by atoms with van der Waals surface area (Å²) in [6.45, 7) is 0.658. The number of pyridine rings is 1. The monoisotopic (exact) mass is 340 g/mol. The molecule has 0 bridgehead atoms. The van der Waals surface area contributed by atoms with Crippen molar-refractivity contribution >= 4 is 34.2 Å². The molecule has 3 aromatic rings. The van der Waals surface area contributed by atoms with Crippen LogP contribution in [0.15, 0.2) is 47.3 Å². The SMILES string of the molecule is O=C1OCc2ccc(NCc3cc4cc(Cl)ccc4[nH]c3=O)cc21. The molecule has 1 aromatic heterocycles. The fourth-order valence-corrected chi connectivity index (χ4v) is 2.96. The molecule has 1 aliphatic heterocycles. The summed E-state index contributed by atoms with van der Waals surface area (Å²) in [5.74, 6) is -0.313. The van der Waals surface area contributed by atoms with Crippen LogP contribution < -0.4 is 10.9 Å². The zero-order valence-electron chi connectivity index (χ0n) is 12.6. The highest BCUT2D eigenvalue weighted by Gasteiger charge is 2.20. The van der Waals surface area contributed by atoms with E-state index in [1.165, 1.54) is 0 Å². The van der Waals surface area contributed by atoms with E-state index in [-0.39, 0.29) is 11.5 Å². The van der Waals surface area contributed by atoms with Crippen molar-refractivity contribution in [1.29, 1.82) is 0 Å². The van der Waals surface area contributed by atoms with E-state index in [0.29, 0.717) is 29.3 Å². The predicted octanol–water partition coefficient (Wildman–Crippen LogP) is 3.46. The first-order chi connectivity index (χ1) is 11.6. The van der Waals surface area contributed by atoms with Gasteiger partial charge in [-0.15, -0.1) is 0 Å². The molecule has 0 saturated heterocycles. The second kappa shape index (κ2) is 5.69. The number of benzene rings is 2. The molecule has 2 N–H and O–H groups in total. The van der Waals surface area contributed by atoms with Crippen LogP contribution in [0, 0.1) is 0 Å². The maximum absolute atomic E-state index is 12.2. The number of aromatic amines is 1. The number of aromatic nitrogens is 1. The molecule has 2 aromatic carbocycles. The number of rotatable bonds is 3. The molecule has 0 amide bonds. The summed E-state index contributed by atoms with van der Waals surface area (Å²) >= 11 is 6.00. The second-order valence-electron chi connectivity index (χ2n) is 5.66. The van der Waals surface area contributed by atoms with E-state index in [9.17, 15) is 9.59 Å². The number of ether oxygens (including phenoxy) is 1. The van der Waals surface area contributed by atoms with E-state index in [4.69, 9.17) is 16.3 Å². The van der Waals surface area contributed by atoms with Crippen molar-refractivity contribution in [3.05, 3.63) is 74.5 Å². The maximum atomic E-state index is 12.2. The Morgan fingerprint density at radius 1 is 1.12 bits per heavy atom. The number of nitrogens with one attached hydrogen (secondary N) is 2. The summed E-state index contributed by atoms with van der Waals surface area (Å²) in [6, 6.07) is 12.6. The largest absolute Gasteiger partial charge is 0.457 e. The molecule has 0 spiro atoms. The molecular formula is C18H13ClN2O3. The summed E-state index contributed by atoms with van der Waals surface area (Å²) < 4.78 is 4.99. The number of hydrogen-bond donors (Lipinski definition) is 2. The normalized spacial score (nSPS) is 13.0. The minimum absolute atomic E-state index is 0.155. The maximum Gasteiger partial charge on any atom is 0.338 e. The molecule has 1 aliphatic rings. The number of carbonyl (C=O) groups excluding carboxylic acids is 1. The number of carbonyl (C=O) groups is 1. The molecule has 0 atom stereocenters. The molecule has 0 unspecified atom stereocenters. The lowest BCUT2D eigenvalue weighted by Crippen LogP contribution is -2.15. The molecule has 4 rings (SSSR count). The molecule has 120 valence electrons. The molecule has 0 radical (unpaired) electrons. The minimum Gasteiger partial charge on any atom is -0.457 e. The molecule has 5 nitrogen and oxygen atoms in total. The lowest BCUT2D eigenvalue weighted by Gasteiger charge is -2.08. The van der Waals surface area contributed by atoms with Crippen LogP contribution in [0.1, 0.15) is 21.5 Å². The zero-order chi connectivity index (χ0) is 16.7. The first-order valence-corrected chi connectivity index (χ1v) is 7.83. The van der Waals surface area contributed by atoms with Crippen LogP contribution in [0.3, 0.4) is 0 Å². The molecule has 6 heteroatoms. The van der Waals surface area contributed by atoms with E-state index in [2.05, 4.69) is 10.3 Å². The van der Waals surface area contributed by atoms with Gasteiger partial charge in [0.15, 0.2) is 0 Å². The lowest BCUT2D eigenvalue weighted by molar-refractivity contribution is 0.0535. The van der Waals surface area contributed by atoms with Crippen LogP contribution in [0.5, 0.6) is 0 Å². The number of cyclic esters (lactones) is 1. The summed E-state index contributed by atoms with van der Waals surface area (Å²) in [5.41, 5.74) is 3.39. The molecule has 0 saturated carbocycles. The van der Waals surface area contributed by atoms with Gasteiger partial charge in [-0.2, -0.15) is 0 Å². The minimum atomic E-state index is -0.313. The van der Waals surface area contributed by atoms with Gasteiger partial charge < -0.3 is 15.0 Å². The average Bonchev–Trinajstić information content (AvgIpc) is 2.94. The molecule has 24 heavy (non-hydrogen) atoms. The van der Waals surface area contributed by atoms with Crippen LogP contribution >= 0.6 is 11.6 Å². The van der Waals surface area contributed by atoms with E-state index < -0.39 is 0 Å². The second-order valence-corrected chi connectivity index (χ2v) is 6.09. The van der Waals surface area contributed by atoms with Crippen LogP contribution in [-0.4, -0.2) is 11.0 Å². The smallest absolute Gasteiger partial charge is 0.338 e. The fourth-order valence-electron chi connectivity index (χ4n) is 2.77. The van der Waals surface area contributed by atoms with Gasteiger partial charge >= 0.3 is 5.97 Å². The van der Waals surface area contributed by atoms with Crippen LogP contribution in [0.2, 0.25) is 5.02 Å². The first-order valence-electron chi connectivity index (χ1n) is 7.45. The highest BCUT2D eigenvalue weighted by molar-refractivity contribution is 6.31. The molecule has 2 heterocycles. The number of esters is 1. The third-order valence-corrected chi connectivity index (χ3v) is 4.29. The molecule has 0 fully saturated rings. The quantitative estimate of drug-likeness (QED) is 0.716. The van der Waals surface area contributed by atoms with Gasteiger partial charge in [-0.1, -0.05) is 17.7 Å². The topological polar surface area (TPSA) is 71.2 Å². The molecule has 0 aliphatic carbocycles. The van der Waals surface area contributed by atoms with E-state index >= 15 is 0 Å². The summed E-state index contributed by atoms with van der Waals surface area (Å²) in [4.78, 5) is 26.6. The Labute approximate surface area is 142 Å². The van der Waals surface area contributed by atoms with Gasteiger partial charge in [0.05, 0.1) is 5.56 Å². The van der Waals surface area contributed by atoms with E-state index in [1.807, 2.05) is 24.3 Å². The van der Waals surface area contributed by atoms with Crippen LogP contribution in [0.25, 0.3) is 10.9 Å². The Hall–Kier alpha value is -2.79. The Kier molecular flexibility index (Phi) is 3.50. The number of hydrogen-bond acceptors (Lipinski definition) is 4. The Bertz CT molecular complexity index is 1030. The molecular weight excluding hydrogens is 328 g/mol. The number of anilines is 1. The van der Waals surface area contributed by atoms with Gasteiger partial charge in [0.25, 0.3) is 5.56 Å². The van der Waals surface area contributed by atoms with Crippen molar-refractivity contribution in [1.82, 2.24) is 4.98 Å². The number of fused-ring (bicyclic) bond motifs is 2. The van der Waals surface area contributed by atoms with Crippen LogP contribution in [-0.2, 0) is 17.9 Å². The standard InChI is InChI=1S/C18H13ClN2O3/c19-13-2-4-16-11(6-13)5-12(17(22)21-16)8-20-14-3-1-10-9-24-18(23)15(10)7-14/h1-7,20H,8-9H2,(H,21,22). The third-order valence-electron chi connectivity index (χ3n) is 4.05. The van der Waals surface area contributed by atoms with Gasteiger partial charge in [-0.3, -0.25) is 4.79 Å². The summed E-state index contributed by atoms with van der Waals surface area (Å²) in [6.07, 6.45) is 0. The number of H-pyrrole nitrogens is 1. The van der Waals surface area contributed by atoms with Crippen molar-refractivity contribution in [3.63, 3.8) is 0 Å². The predicted molar refractivity (Wildman–Crippen MR) is 92.5 cm³/mol. The highest BCUT2D eigenvalue weighted by atomic mass is 35.5. The van der Waals surface area contributed by atoms with Gasteiger partial charge in [-0.05, 0) is 36.4 Å². The van der Waals surface area contributed by atoms with Gasteiger partial charge in [0.1, 0.15) is 6.61 Å². The van der Waals surface area contributed by atoms with Crippen molar-refractivity contribution in [2.75, 3.05) is 5.32 Å². The lowest BCUT2D eigenvalue weighted by atomic mass is 10.1. The Balaban J connectivity index is 1.61. The Morgan fingerprint density at radius 2 is 2.00 bits per heavy atom. The van der Waals surface area contributed by atoms with Crippen molar-refractivity contribution < 1.29 is 9.53 Å². The third kappa shape index (κ3) is 2.63. The Morgan fingerprint density at radius 3 is 2.88 bits per heavy atom.